The number of ether oxygens (including phenoxy) is 2. The first-order valence-electron chi connectivity index (χ1n) is 9.91. The topological polar surface area (TPSA) is 66.9 Å². The average Bonchev–Trinajstić information content (AvgIpc) is 3.23. The SMILES string of the molecule is Cc1ccc(CN2CCN(C(=O)Nc3ccc4c(c3)OCO4)c3cccnc32)cc1. The highest BCUT2D eigenvalue weighted by Gasteiger charge is 2.28. The number of pyridine rings is 1. The van der Waals surface area contributed by atoms with Gasteiger partial charge in [-0.2, -0.15) is 0 Å². The van der Waals surface area contributed by atoms with Gasteiger partial charge >= 0.3 is 6.03 Å². The van der Waals surface area contributed by atoms with Crippen molar-refractivity contribution in [2.45, 2.75) is 13.5 Å². The smallest absolute Gasteiger partial charge is 0.326 e. The molecule has 1 N–H and O–H groups in total. The number of nitrogens with zero attached hydrogens (tertiary/aromatic N) is 3. The number of carbonyl (C=O) groups excluding carboxylic acids is 1. The van der Waals surface area contributed by atoms with Gasteiger partial charge in [-0.3, -0.25) is 4.90 Å². The second-order valence-corrected chi connectivity index (χ2v) is 7.40. The number of amides is 2. The van der Waals surface area contributed by atoms with Gasteiger partial charge in [0.1, 0.15) is 0 Å². The molecule has 2 amide bonds. The van der Waals surface area contributed by atoms with Crippen LogP contribution in [0.15, 0.2) is 60.8 Å². The van der Waals surface area contributed by atoms with Crippen molar-refractivity contribution in [3.05, 3.63) is 71.9 Å². The Balaban J connectivity index is 1.35. The summed E-state index contributed by atoms with van der Waals surface area (Å²) in [5.74, 6) is 2.13. The Labute approximate surface area is 174 Å². The first kappa shape index (κ1) is 18.3. The molecule has 0 radical (unpaired) electrons. The molecule has 2 aliphatic rings. The summed E-state index contributed by atoms with van der Waals surface area (Å²) in [6, 6.07) is 17.5. The quantitative estimate of drug-likeness (QED) is 0.712. The molecule has 0 bridgehead atoms. The number of nitrogens with one attached hydrogen (secondary N) is 1. The number of rotatable bonds is 3. The van der Waals surface area contributed by atoms with Gasteiger partial charge in [0, 0.05) is 37.6 Å². The molecule has 3 heterocycles. The summed E-state index contributed by atoms with van der Waals surface area (Å²) in [4.78, 5) is 21.5. The molecular weight excluding hydrogens is 380 g/mol. The summed E-state index contributed by atoms with van der Waals surface area (Å²) in [5, 5.41) is 2.96. The third-order valence-corrected chi connectivity index (χ3v) is 5.31. The zero-order valence-electron chi connectivity index (χ0n) is 16.7. The Morgan fingerprint density at radius 3 is 2.77 bits per heavy atom. The lowest BCUT2D eigenvalue weighted by atomic mass is 10.1. The zero-order valence-corrected chi connectivity index (χ0v) is 16.7. The van der Waals surface area contributed by atoms with Gasteiger partial charge in [0.05, 0.1) is 5.69 Å². The van der Waals surface area contributed by atoms with Crippen molar-refractivity contribution < 1.29 is 14.3 Å². The van der Waals surface area contributed by atoms with E-state index >= 15 is 0 Å². The van der Waals surface area contributed by atoms with Crippen molar-refractivity contribution in [2.75, 3.05) is 35.0 Å². The van der Waals surface area contributed by atoms with E-state index in [4.69, 9.17) is 9.47 Å². The summed E-state index contributed by atoms with van der Waals surface area (Å²) >= 11 is 0. The van der Waals surface area contributed by atoms with Crippen molar-refractivity contribution in [2.24, 2.45) is 0 Å². The Morgan fingerprint density at radius 2 is 1.90 bits per heavy atom. The van der Waals surface area contributed by atoms with Crippen LogP contribution >= 0.6 is 0 Å². The maximum absolute atomic E-state index is 13.0. The number of benzene rings is 2. The summed E-state index contributed by atoms with van der Waals surface area (Å²) in [6.45, 7) is 4.31. The third-order valence-electron chi connectivity index (χ3n) is 5.31. The highest BCUT2D eigenvalue weighted by atomic mass is 16.7. The van der Waals surface area contributed by atoms with Crippen LogP contribution in [-0.2, 0) is 6.54 Å². The normalized spacial score (nSPS) is 14.4. The van der Waals surface area contributed by atoms with Gasteiger partial charge in [0.2, 0.25) is 6.79 Å². The van der Waals surface area contributed by atoms with E-state index in [0.29, 0.717) is 30.3 Å². The van der Waals surface area contributed by atoms with Crippen LogP contribution < -0.4 is 24.6 Å². The lowest BCUT2D eigenvalue weighted by Gasteiger charge is -2.36. The molecule has 7 heteroatoms. The molecule has 0 fully saturated rings. The maximum Gasteiger partial charge on any atom is 0.326 e. The van der Waals surface area contributed by atoms with Crippen LogP contribution in [0.2, 0.25) is 0 Å². The average molecular weight is 402 g/mol. The number of carbonyl (C=O) groups is 1. The Kier molecular flexibility index (Phi) is 4.63. The molecule has 5 rings (SSSR count). The van der Waals surface area contributed by atoms with Gasteiger partial charge < -0.3 is 19.7 Å². The highest BCUT2D eigenvalue weighted by Crippen LogP contribution is 2.35. The molecule has 30 heavy (non-hydrogen) atoms. The van der Waals surface area contributed by atoms with Crippen LogP contribution in [0.5, 0.6) is 11.5 Å². The fourth-order valence-corrected chi connectivity index (χ4v) is 3.73. The van der Waals surface area contributed by atoms with Gasteiger partial charge in [0.25, 0.3) is 0 Å². The number of hydrogen-bond donors (Lipinski definition) is 1. The number of urea groups is 1. The van der Waals surface area contributed by atoms with Crippen LogP contribution in [-0.4, -0.2) is 30.9 Å². The van der Waals surface area contributed by atoms with Crippen LogP contribution in [0.1, 0.15) is 11.1 Å². The van der Waals surface area contributed by atoms with E-state index in [2.05, 4.69) is 46.4 Å². The zero-order chi connectivity index (χ0) is 20.5. The third kappa shape index (κ3) is 3.50. The van der Waals surface area contributed by atoms with E-state index in [0.717, 1.165) is 18.1 Å². The van der Waals surface area contributed by atoms with Gasteiger partial charge in [-0.15, -0.1) is 0 Å². The molecule has 152 valence electrons. The fourth-order valence-electron chi connectivity index (χ4n) is 3.73. The van der Waals surface area contributed by atoms with Gasteiger partial charge in [0.15, 0.2) is 17.3 Å². The molecule has 2 aliphatic heterocycles. The standard InChI is InChI=1S/C23H22N4O3/c1-16-4-6-17(7-5-16)14-26-11-12-27(19-3-2-10-24-22(19)26)23(28)25-18-8-9-20-21(13-18)30-15-29-20/h2-10,13H,11-12,14-15H2,1H3,(H,25,28). The van der Waals surface area contributed by atoms with E-state index in [9.17, 15) is 4.79 Å². The second-order valence-electron chi connectivity index (χ2n) is 7.40. The summed E-state index contributed by atoms with van der Waals surface area (Å²) in [6.07, 6.45) is 1.76. The monoisotopic (exact) mass is 402 g/mol. The Morgan fingerprint density at radius 1 is 1.07 bits per heavy atom. The maximum atomic E-state index is 13.0. The molecule has 0 aliphatic carbocycles. The minimum atomic E-state index is -0.196. The van der Waals surface area contributed by atoms with Gasteiger partial charge in [-0.1, -0.05) is 29.8 Å². The molecule has 0 saturated heterocycles. The predicted octanol–water partition coefficient (Wildman–Crippen LogP) is 4.18. The van der Waals surface area contributed by atoms with Crippen molar-refractivity contribution in [3.8, 4) is 11.5 Å². The largest absolute Gasteiger partial charge is 0.454 e. The number of aryl methyl sites for hydroxylation is 1. The molecule has 2 aromatic carbocycles. The van der Waals surface area contributed by atoms with Gasteiger partial charge in [-0.25, -0.2) is 9.78 Å². The Bertz CT molecular complexity index is 1080. The molecule has 0 spiro atoms. The van der Waals surface area contributed by atoms with E-state index in [1.165, 1.54) is 11.1 Å². The molecule has 3 aromatic rings. The molecule has 0 saturated carbocycles. The molecular formula is C23H22N4O3. The highest BCUT2D eigenvalue weighted by molar-refractivity contribution is 6.04. The van der Waals surface area contributed by atoms with Crippen molar-refractivity contribution in [1.82, 2.24) is 4.98 Å². The van der Waals surface area contributed by atoms with Crippen molar-refractivity contribution in [1.29, 1.82) is 0 Å². The van der Waals surface area contributed by atoms with Crippen LogP contribution in [0.3, 0.4) is 0 Å². The summed E-state index contributed by atoms with van der Waals surface area (Å²) in [5.41, 5.74) is 3.92. The molecule has 1 aromatic heterocycles. The predicted molar refractivity (Wildman–Crippen MR) is 115 cm³/mol. The van der Waals surface area contributed by atoms with E-state index in [-0.39, 0.29) is 12.8 Å². The molecule has 0 unspecified atom stereocenters. The lowest BCUT2D eigenvalue weighted by Crippen LogP contribution is -2.46. The lowest BCUT2D eigenvalue weighted by molar-refractivity contribution is 0.174. The van der Waals surface area contributed by atoms with Crippen molar-refractivity contribution >= 4 is 23.2 Å². The number of anilines is 3. The molecule has 0 atom stereocenters. The number of aromatic nitrogens is 1. The van der Waals surface area contributed by atoms with Crippen LogP contribution in [0.25, 0.3) is 0 Å². The van der Waals surface area contributed by atoms with E-state index < -0.39 is 0 Å². The summed E-state index contributed by atoms with van der Waals surface area (Å²) < 4.78 is 10.7. The minimum Gasteiger partial charge on any atom is -0.454 e. The Hall–Kier alpha value is -3.74. The van der Waals surface area contributed by atoms with Crippen molar-refractivity contribution in [3.63, 3.8) is 0 Å². The first-order valence-corrected chi connectivity index (χ1v) is 9.91. The first-order chi connectivity index (χ1) is 14.7. The number of hydrogen-bond acceptors (Lipinski definition) is 5. The number of fused-ring (bicyclic) bond motifs is 2. The van der Waals surface area contributed by atoms with Gasteiger partial charge in [-0.05, 0) is 36.8 Å². The fraction of sp³-hybridized carbons (Fsp3) is 0.217. The minimum absolute atomic E-state index is 0.196. The second kappa shape index (κ2) is 7.59. The van der Waals surface area contributed by atoms with E-state index in [1.807, 2.05) is 18.2 Å². The molecule has 7 nitrogen and oxygen atoms in total. The summed E-state index contributed by atoms with van der Waals surface area (Å²) in [7, 11) is 0. The van der Waals surface area contributed by atoms with E-state index in [1.54, 1.807) is 23.2 Å². The van der Waals surface area contributed by atoms with Crippen LogP contribution in [0.4, 0.5) is 22.0 Å². The van der Waals surface area contributed by atoms with Crippen LogP contribution in [0, 0.1) is 6.92 Å².